The van der Waals surface area contributed by atoms with Crippen LogP contribution in [0.25, 0.3) is 11.1 Å². The van der Waals surface area contributed by atoms with Crippen molar-refractivity contribution < 1.29 is 4.39 Å². The van der Waals surface area contributed by atoms with E-state index in [-0.39, 0.29) is 5.82 Å². The molecule has 3 heteroatoms. The van der Waals surface area contributed by atoms with Gasteiger partial charge in [-0.1, -0.05) is 6.07 Å². The van der Waals surface area contributed by atoms with Gasteiger partial charge in [0.2, 0.25) is 0 Å². The SMILES string of the molecule is CSc1[c]c(C)c(-c2c(C)cc(F)cc2SC)cc1. The molecule has 0 aliphatic rings. The van der Waals surface area contributed by atoms with E-state index in [9.17, 15) is 4.39 Å². The van der Waals surface area contributed by atoms with E-state index < -0.39 is 0 Å². The van der Waals surface area contributed by atoms with Crippen molar-refractivity contribution in [3.05, 3.63) is 47.3 Å². The normalized spacial score (nSPS) is 10.8. The molecule has 0 saturated heterocycles. The van der Waals surface area contributed by atoms with Crippen molar-refractivity contribution in [1.29, 1.82) is 0 Å². The second kappa shape index (κ2) is 6.02. The molecule has 0 unspecified atom stereocenters. The van der Waals surface area contributed by atoms with Gasteiger partial charge >= 0.3 is 0 Å². The van der Waals surface area contributed by atoms with Gasteiger partial charge in [0.15, 0.2) is 0 Å². The maximum Gasteiger partial charge on any atom is 0.124 e. The largest absolute Gasteiger partial charge is 0.207 e. The fourth-order valence-electron chi connectivity index (χ4n) is 2.19. The Bertz CT molecular complexity index is 606. The quantitative estimate of drug-likeness (QED) is 0.699. The number of rotatable bonds is 3. The minimum atomic E-state index is -0.173. The molecule has 0 aromatic heterocycles. The third-order valence-corrected chi connectivity index (χ3v) is 4.53. The summed E-state index contributed by atoms with van der Waals surface area (Å²) >= 11 is 3.26. The monoisotopic (exact) mass is 291 g/mol. The minimum Gasteiger partial charge on any atom is -0.207 e. The third-order valence-electron chi connectivity index (χ3n) is 3.09. The molecule has 0 nitrogen and oxygen atoms in total. The van der Waals surface area contributed by atoms with Crippen molar-refractivity contribution in [3.8, 4) is 11.1 Å². The molecule has 0 aliphatic heterocycles. The lowest BCUT2D eigenvalue weighted by molar-refractivity contribution is 0.623. The summed E-state index contributed by atoms with van der Waals surface area (Å²) in [4.78, 5) is 2.11. The zero-order valence-electron chi connectivity index (χ0n) is 11.5. The fraction of sp³-hybridized carbons (Fsp3) is 0.250. The van der Waals surface area contributed by atoms with Gasteiger partial charge < -0.3 is 0 Å². The molecule has 0 N–H and O–H groups in total. The topological polar surface area (TPSA) is 0 Å². The van der Waals surface area contributed by atoms with Crippen molar-refractivity contribution in [3.63, 3.8) is 0 Å². The van der Waals surface area contributed by atoms with Gasteiger partial charge in [-0.15, -0.1) is 23.5 Å². The molecule has 0 bridgehead atoms. The number of hydrogen-bond donors (Lipinski definition) is 0. The second-order valence-electron chi connectivity index (χ2n) is 4.37. The van der Waals surface area contributed by atoms with Gasteiger partial charge in [-0.05, 0) is 66.8 Å². The molecular formula is C16H16FS2. The van der Waals surface area contributed by atoms with Crippen LogP contribution in [0.3, 0.4) is 0 Å². The molecule has 2 rings (SSSR count). The van der Waals surface area contributed by atoms with E-state index in [0.29, 0.717) is 0 Å². The lowest BCUT2D eigenvalue weighted by atomic mass is 9.96. The van der Waals surface area contributed by atoms with Crippen LogP contribution in [-0.4, -0.2) is 12.5 Å². The van der Waals surface area contributed by atoms with Crippen LogP contribution in [0.5, 0.6) is 0 Å². The van der Waals surface area contributed by atoms with Gasteiger partial charge in [-0.25, -0.2) is 4.39 Å². The van der Waals surface area contributed by atoms with Gasteiger partial charge in [0.1, 0.15) is 5.82 Å². The summed E-state index contributed by atoms with van der Waals surface area (Å²) in [5.74, 6) is -0.173. The zero-order valence-corrected chi connectivity index (χ0v) is 13.1. The zero-order chi connectivity index (χ0) is 14.0. The number of benzene rings is 2. The summed E-state index contributed by atoms with van der Waals surface area (Å²) in [5.41, 5.74) is 4.34. The molecule has 0 saturated carbocycles. The number of hydrogen-bond acceptors (Lipinski definition) is 2. The number of aryl methyl sites for hydroxylation is 2. The van der Waals surface area contributed by atoms with Crippen LogP contribution >= 0.6 is 23.5 Å². The number of halogens is 1. The van der Waals surface area contributed by atoms with Crippen molar-refractivity contribution in [2.24, 2.45) is 0 Å². The van der Waals surface area contributed by atoms with Crippen LogP contribution in [-0.2, 0) is 0 Å². The van der Waals surface area contributed by atoms with Crippen LogP contribution in [0, 0.1) is 25.7 Å². The van der Waals surface area contributed by atoms with Crippen LogP contribution in [0.4, 0.5) is 4.39 Å². The summed E-state index contributed by atoms with van der Waals surface area (Å²) in [6, 6.07) is 10.8. The molecule has 1 radical (unpaired) electrons. The molecule has 0 spiro atoms. The maximum atomic E-state index is 13.5. The van der Waals surface area contributed by atoms with Gasteiger partial charge in [0.25, 0.3) is 0 Å². The average molecular weight is 291 g/mol. The van der Waals surface area contributed by atoms with Gasteiger partial charge in [0.05, 0.1) is 0 Å². The van der Waals surface area contributed by atoms with E-state index in [1.165, 1.54) is 0 Å². The molecule has 0 aliphatic carbocycles. The number of thioether (sulfide) groups is 2. The van der Waals surface area contributed by atoms with Gasteiger partial charge in [-0.3, -0.25) is 0 Å². The molecule has 19 heavy (non-hydrogen) atoms. The Labute approximate surface area is 122 Å². The summed E-state index contributed by atoms with van der Waals surface area (Å²) < 4.78 is 13.5. The highest BCUT2D eigenvalue weighted by molar-refractivity contribution is 7.99. The molecule has 2 aromatic carbocycles. The van der Waals surface area contributed by atoms with Crippen molar-refractivity contribution in [2.75, 3.05) is 12.5 Å². The third kappa shape index (κ3) is 2.98. The summed E-state index contributed by atoms with van der Waals surface area (Å²) in [7, 11) is 0. The highest BCUT2D eigenvalue weighted by Gasteiger charge is 2.12. The van der Waals surface area contributed by atoms with E-state index in [4.69, 9.17) is 0 Å². The predicted octanol–water partition coefficient (Wildman–Crippen LogP) is 5.35. The summed E-state index contributed by atoms with van der Waals surface area (Å²) in [6.07, 6.45) is 4.02. The maximum absolute atomic E-state index is 13.5. The molecule has 0 heterocycles. The average Bonchev–Trinajstić information content (AvgIpc) is 2.38. The predicted molar refractivity (Wildman–Crippen MR) is 83.7 cm³/mol. The molecule has 0 amide bonds. The Kier molecular flexibility index (Phi) is 4.58. The summed E-state index contributed by atoms with van der Waals surface area (Å²) in [6.45, 7) is 4.02. The molecular weight excluding hydrogens is 275 g/mol. The van der Waals surface area contributed by atoms with Crippen molar-refractivity contribution in [2.45, 2.75) is 23.6 Å². The standard InChI is InChI=1S/C16H16FS2/c1-10-8-13(18-3)5-6-14(10)16-11(2)7-12(17)9-15(16)19-4/h5-7,9H,1-4H3. The first-order valence-corrected chi connectivity index (χ1v) is 8.43. The molecule has 0 atom stereocenters. The van der Waals surface area contributed by atoms with E-state index in [1.54, 1.807) is 35.7 Å². The summed E-state index contributed by atoms with van der Waals surface area (Å²) in [5, 5.41) is 0. The first-order valence-electron chi connectivity index (χ1n) is 5.98. The minimum absolute atomic E-state index is 0.173. The Morgan fingerprint density at radius 1 is 1.05 bits per heavy atom. The van der Waals surface area contributed by atoms with Crippen molar-refractivity contribution >= 4 is 23.5 Å². The van der Waals surface area contributed by atoms with E-state index in [1.807, 2.05) is 19.4 Å². The Hall–Kier alpha value is -0.930. The van der Waals surface area contributed by atoms with E-state index >= 15 is 0 Å². The lowest BCUT2D eigenvalue weighted by Crippen LogP contribution is -1.92. The highest BCUT2D eigenvalue weighted by atomic mass is 32.2. The van der Waals surface area contributed by atoms with E-state index in [0.717, 1.165) is 32.0 Å². The fourth-order valence-corrected chi connectivity index (χ4v) is 3.35. The van der Waals surface area contributed by atoms with Gasteiger partial charge in [0, 0.05) is 15.9 Å². The van der Waals surface area contributed by atoms with Crippen molar-refractivity contribution in [1.82, 2.24) is 0 Å². The van der Waals surface area contributed by atoms with Gasteiger partial charge in [-0.2, -0.15) is 0 Å². The smallest absolute Gasteiger partial charge is 0.124 e. The van der Waals surface area contributed by atoms with Crippen LogP contribution < -0.4 is 0 Å². The lowest BCUT2D eigenvalue weighted by Gasteiger charge is -2.14. The molecule has 99 valence electrons. The van der Waals surface area contributed by atoms with Crippen LogP contribution in [0.15, 0.2) is 34.1 Å². The van der Waals surface area contributed by atoms with Crippen LogP contribution in [0.2, 0.25) is 0 Å². The Morgan fingerprint density at radius 3 is 2.37 bits per heavy atom. The Morgan fingerprint density at radius 2 is 1.79 bits per heavy atom. The first-order chi connectivity index (χ1) is 9.06. The van der Waals surface area contributed by atoms with E-state index in [2.05, 4.69) is 25.1 Å². The molecule has 2 aromatic rings. The highest BCUT2D eigenvalue weighted by Crippen LogP contribution is 2.36. The van der Waals surface area contributed by atoms with Crippen LogP contribution in [0.1, 0.15) is 11.1 Å². The first kappa shape index (κ1) is 14.5. The Balaban J connectivity index is 2.64. The second-order valence-corrected chi connectivity index (χ2v) is 6.06. The molecule has 0 fully saturated rings.